The molecule has 0 spiro atoms. The van der Waals surface area contributed by atoms with E-state index in [2.05, 4.69) is 4.99 Å². The molecule has 0 saturated carbocycles. The number of aliphatic imine (C=N–C) groups is 1. The molecule has 0 amide bonds. The van der Waals surface area contributed by atoms with Crippen molar-refractivity contribution in [2.45, 2.75) is 11.7 Å². The highest BCUT2D eigenvalue weighted by Gasteiger charge is 2.60. The molecule has 0 aromatic heterocycles. The van der Waals surface area contributed by atoms with Crippen LogP contribution in [-0.2, 0) is 0 Å². The quantitative estimate of drug-likeness (QED) is 0.335. The molecule has 1 aliphatic rings. The lowest BCUT2D eigenvalue weighted by Crippen LogP contribution is -2.52. The third-order valence-corrected chi connectivity index (χ3v) is 4.37. The molecule has 1 aliphatic carbocycles. The van der Waals surface area contributed by atoms with Crippen molar-refractivity contribution in [2.75, 3.05) is 14.1 Å². The van der Waals surface area contributed by atoms with E-state index in [1.54, 1.807) is 32.3 Å². The number of hydrogen-bond acceptors (Lipinski definition) is 4. The van der Waals surface area contributed by atoms with Gasteiger partial charge in [-0.1, -0.05) is 36.4 Å². The van der Waals surface area contributed by atoms with Crippen molar-refractivity contribution < 1.29 is 18.0 Å². The van der Waals surface area contributed by atoms with Crippen molar-refractivity contribution in [1.82, 2.24) is 4.90 Å². The Kier molecular flexibility index (Phi) is 5.93. The number of Topliss-reactive ketones (excluding diaryl/α,β-unsaturated/α-hetero) is 1. The molecule has 1 aromatic carbocycles. The van der Waals surface area contributed by atoms with E-state index in [1.807, 2.05) is 5.40 Å². The molecule has 4 nitrogen and oxygen atoms in total. The first-order valence-corrected chi connectivity index (χ1v) is 8.37. The lowest BCUT2D eigenvalue weighted by molar-refractivity contribution is -0.177. The second-order valence-electron chi connectivity index (χ2n) is 5.83. The van der Waals surface area contributed by atoms with Gasteiger partial charge >= 0.3 is 6.18 Å². The Morgan fingerprint density at radius 1 is 1.35 bits per heavy atom. The lowest BCUT2D eigenvalue weighted by Gasteiger charge is -2.36. The lowest BCUT2D eigenvalue weighted by atomic mass is 9.76. The van der Waals surface area contributed by atoms with Crippen LogP contribution in [0.25, 0.3) is 0 Å². The molecular formula is C18H16F3N3OS. The van der Waals surface area contributed by atoms with Crippen molar-refractivity contribution in [2.24, 2.45) is 10.9 Å². The van der Waals surface area contributed by atoms with Crippen LogP contribution >= 0.6 is 11.8 Å². The average Bonchev–Trinajstić information content (AvgIpc) is 2.60. The van der Waals surface area contributed by atoms with Crippen molar-refractivity contribution in [3.8, 4) is 5.40 Å². The van der Waals surface area contributed by atoms with Crippen LogP contribution in [0.5, 0.6) is 0 Å². The number of halogens is 3. The van der Waals surface area contributed by atoms with E-state index in [4.69, 9.17) is 5.26 Å². The third-order valence-electron chi connectivity index (χ3n) is 3.77. The predicted octanol–water partition coefficient (Wildman–Crippen LogP) is 4.04. The van der Waals surface area contributed by atoms with Gasteiger partial charge in [0, 0.05) is 24.6 Å². The van der Waals surface area contributed by atoms with Gasteiger partial charge in [0.2, 0.25) is 0 Å². The Morgan fingerprint density at radius 2 is 2.00 bits per heavy atom. The molecule has 0 aliphatic heterocycles. The van der Waals surface area contributed by atoms with Crippen LogP contribution in [0.1, 0.15) is 10.4 Å². The van der Waals surface area contributed by atoms with Crippen molar-refractivity contribution in [1.29, 1.82) is 5.26 Å². The van der Waals surface area contributed by atoms with Crippen LogP contribution in [0, 0.1) is 16.6 Å². The maximum absolute atomic E-state index is 14.0. The number of allylic oxidation sites excluding steroid dienone is 1. The average molecular weight is 379 g/mol. The molecule has 0 saturated heterocycles. The molecule has 2 unspecified atom stereocenters. The van der Waals surface area contributed by atoms with E-state index in [-0.39, 0.29) is 10.5 Å². The molecule has 2 rings (SSSR count). The summed E-state index contributed by atoms with van der Waals surface area (Å²) in [6.45, 7) is 0. The zero-order valence-corrected chi connectivity index (χ0v) is 14.9. The summed E-state index contributed by atoms with van der Waals surface area (Å²) in [7, 11) is 3.09. The Morgan fingerprint density at radius 3 is 2.54 bits per heavy atom. The van der Waals surface area contributed by atoms with Gasteiger partial charge in [0.15, 0.2) is 11.3 Å². The van der Waals surface area contributed by atoms with E-state index >= 15 is 0 Å². The van der Waals surface area contributed by atoms with Crippen LogP contribution < -0.4 is 0 Å². The topological polar surface area (TPSA) is 56.5 Å². The van der Waals surface area contributed by atoms with Gasteiger partial charge in [-0.05, 0) is 23.9 Å². The molecular weight excluding hydrogens is 363 g/mol. The van der Waals surface area contributed by atoms with Gasteiger partial charge in [0.1, 0.15) is 5.40 Å². The van der Waals surface area contributed by atoms with E-state index in [1.165, 1.54) is 29.2 Å². The number of rotatable bonds is 5. The summed E-state index contributed by atoms with van der Waals surface area (Å²) in [5.41, 5.74) is -2.58. The Balaban J connectivity index is 2.62. The van der Waals surface area contributed by atoms with E-state index in [0.29, 0.717) is 11.8 Å². The normalized spacial score (nSPS) is 22.8. The molecule has 0 bridgehead atoms. The highest BCUT2D eigenvalue weighted by Crippen LogP contribution is 2.46. The first-order chi connectivity index (χ1) is 12.2. The summed E-state index contributed by atoms with van der Waals surface area (Å²) in [6.07, 6.45) is -0.547. The zero-order valence-electron chi connectivity index (χ0n) is 14.1. The van der Waals surface area contributed by atoms with Crippen LogP contribution in [0.2, 0.25) is 0 Å². The SMILES string of the molecule is CN(C)C=NC1(C(F)(F)F)C=CC(SC#N)=CC1C(=O)c1ccccc1. The van der Waals surface area contributed by atoms with Crippen molar-refractivity contribution >= 4 is 23.9 Å². The minimum Gasteiger partial charge on any atom is -0.369 e. The van der Waals surface area contributed by atoms with Gasteiger partial charge in [0.05, 0.1) is 12.3 Å². The monoisotopic (exact) mass is 379 g/mol. The van der Waals surface area contributed by atoms with Gasteiger partial charge in [0.25, 0.3) is 0 Å². The number of thioether (sulfide) groups is 1. The molecule has 0 heterocycles. The zero-order chi connectivity index (χ0) is 19.4. The molecule has 0 radical (unpaired) electrons. The van der Waals surface area contributed by atoms with Crippen molar-refractivity contribution in [3.05, 3.63) is 59.0 Å². The van der Waals surface area contributed by atoms with Crippen LogP contribution in [0.4, 0.5) is 13.2 Å². The summed E-state index contributed by atoms with van der Waals surface area (Å²) < 4.78 is 42.1. The number of alkyl halides is 3. The smallest absolute Gasteiger partial charge is 0.369 e. The van der Waals surface area contributed by atoms with Crippen LogP contribution in [0.3, 0.4) is 0 Å². The number of ketones is 1. The number of carbonyl (C=O) groups is 1. The minimum absolute atomic E-state index is 0.152. The number of hydrogen-bond donors (Lipinski definition) is 0. The highest BCUT2D eigenvalue weighted by atomic mass is 32.2. The number of benzene rings is 1. The van der Waals surface area contributed by atoms with Crippen LogP contribution in [0.15, 0.2) is 58.5 Å². The van der Waals surface area contributed by atoms with Gasteiger partial charge < -0.3 is 4.90 Å². The van der Waals surface area contributed by atoms with E-state index < -0.39 is 23.4 Å². The summed E-state index contributed by atoms with van der Waals surface area (Å²) in [5, 5.41) is 10.6. The van der Waals surface area contributed by atoms with Gasteiger partial charge in [-0.15, -0.1) is 0 Å². The maximum atomic E-state index is 14.0. The largest absolute Gasteiger partial charge is 0.418 e. The molecule has 26 heavy (non-hydrogen) atoms. The Labute approximate surface area is 153 Å². The highest BCUT2D eigenvalue weighted by molar-refractivity contribution is 8.07. The van der Waals surface area contributed by atoms with E-state index in [0.717, 1.165) is 12.4 Å². The number of carbonyl (C=O) groups excluding carboxylic acids is 1. The summed E-state index contributed by atoms with van der Waals surface area (Å²) in [4.78, 5) is 18.3. The number of thiocyanates is 1. The van der Waals surface area contributed by atoms with Crippen molar-refractivity contribution in [3.63, 3.8) is 0 Å². The van der Waals surface area contributed by atoms with E-state index in [9.17, 15) is 18.0 Å². The fourth-order valence-corrected chi connectivity index (χ4v) is 2.96. The molecule has 136 valence electrons. The summed E-state index contributed by atoms with van der Waals surface area (Å²) >= 11 is 0.702. The summed E-state index contributed by atoms with van der Waals surface area (Å²) in [6, 6.07) is 7.76. The van der Waals surface area contributed by atoms with Gasteiger partial charge in [-0.25, -0.2) is 0 Å². The number of nitrogens with zero attached hydrogens (tertiary/aromatic N) is 3. The fourth-order valence-electron chi connectivity index (χ4n) is 2.52. The predicted molar refractivity (Wildman–Crippen MR) is 95.7 cm³/mol. The summed E-state index contributed by atoms with van der Waals surface area (Å²) in [5.74, 6) is -2.32. The van der Waals surface area contributed by atoms with Gasteiger partial charge in [-0.2, -0.15) is 18.4 Å². The second-order valence-corrected chi connectivity index (χ2v) is 6.69. The standard InChI is InChI=1S/C18H16F3N3OS/c1-24(2)12-23-17(18(19,20)21)9-8-14(26-11-22)10-15(17)16(25)13-6-4-3-5-7-13/h3-10,12,15H,1-2H3. The third kappa shape index (κ3) is 3.99. The fraction of sp³-hybridized carbons (Fsp3) is 0.278. The second kappa shape index (κ2) is 7.79. The maximum Gasteiger partial charge on any atom is 0.418 e. The Hall–Kier alpha value is -2.53. The molecule has 0 N–H and O–H groups in total. The molecule has 1 aromatic rings. The molecule has 2 atom stereocenters. The molecule has 8 heteroatoms. The van der Waals surface area contributed by atoms with Crippen LogP contribution in [-0.4, -0.2) is 42.8 Å². The first kappa shape index (κ1) is 19.8. The number of nitriles is 1. The Bertz CT molecular complexity index is 794. The first-order valence-electron chi connectivity index (χ1n) is 7.56. The minimum atomic E-state index is -4.80. The molecule has 0 fully saturated rings. The van der Waals surface area contributed by atoms with Gasteiger partial charge in [-0.3, -0.25) is 9.79 Å².